The summed E-state index contributed by atoms with van der Waals surface area (Å²) in [5.74, 6) is -0.395. The Bertz CT molecular complexity index is 2450. The molecule has 0 radical (unpaired) electrons. The van der Waals surface area contributed by atoms with Crippen LogP contribution in [0.25, 0.3) is 17.4 Å². The number of fused-ring (bicyclic) bond motifs is 2. The molecule has 1 fully saturated rings. The molecule has 3 heterocycles. The maximum atomic E-state index is 12.5. The monoisotopic (exact) mass is 1060 g/mol. The molecule has 74 heavy (non-hydrogen) atoms. The van der Waals surface area contributed by atoms with Crippen LogP contribution in [-0.4, -0.2) is 162 Å². The standard InChI is InChI=1S/C54H77N3O16S/c1-53(2,3)45-39-42(12-11-13-49-54(4,5)46-40-43(74(61,62)63)16-18-47(46)56(49)21-10-8-9-14-52(60)73-57-50(58)19-20-51(57)59)72-48-38-41(15-17-44(45)48)55(22-24-66-30-32-70-36-34-68-28-26-64-6)23-25-67-31-33-71-37-35-69-29-27-65-7/h11-13,15-18,38-40H,8-10,14,19-37H2,1-7H3. The van der Waals surface area contributed by atoms with Crippen LogP contribution < -0.4 is 14.8 Å². The summed E-state index contributed by atoms with van der Waals surface area (Å²) in [4.78, 5) is 43.1. The summed E-state index contributed by atoms with van der Waals surface area (Å²) in [6.45, 7) is 18.8. The minimum absolute atomic E-state index is 0.0220. The van der Waals surface area contributed by atoms with Crippen LogP contribution in [0.3, 0.4) is 0 Å². The average molecular weight is 1060 g/mol. The number of benzene rings is 2. The quantitative estimate of drug-likeness (QED) is 0.0307. The molecule has 0 unspecified atom stereocenters. The lowest BCUT2D eigenvalue weighted by atomic mass is 9.82. The van der Waals surface area contributed by atoms with Gasteiger partial charge in [-0.05, 0) is 71.9 Å². The molecule has 5 rings (SSSR count). The van der Waals surface area contributed by atoms with Gasteiger partial charge >= 0.3 is 5.97 Å². The third kappa shape index (κ3) is 18.5. The third-order valence-corrected chi connectivity index (χ3v) is 13.3. The van der Waals surface area contributed by atoms with Gasteiger partial charge in [0.1, 0.15) is 34.9 Å². The summed E-state index contributed by atoms with van der Waals surface area (Å²) >= 11 is 0. The first kappa shape index (κ1) is 60.0. The molecule has 1 aliphatic carbocycles. The molecule has 20 heteroatoms. The highest BCUT2D eigenvalue weighted by atomic mass is 32.2. The summed E-state index contributed by atoms with van der Waals surface area (Å²) in [7, 11) is -1.45. The number of methoxy groups -OCH3 is 2. The number of unbranched alkanes of at least 4 members (excludes halogenated alkanes) is 2. The van der Waals surface area contributed by atoms with Gasteiger partial charge in [0.2, 0.25) is 5.36 Å². The molecule has 0 atom stereocenters. The van der Waals surface area contributed by atoms with Crippen molar-refractivity contribution in [3.63, 3.8) is 0 Å². The van der Waals surface area contributed by atoms with Gasteiger partial charge in [-0.3, -0.25) is 9.59 Å². The van der Waals surface area contributed by atoms with Crippen molar-refractivity contribution in [2.45, 2.75) is 88.9 Å². The van der Waals surface area contributed by atoms with E-state index in [-0.39, 0.29) is 29.6 Å². The van der Waals surface area contributed by atoms with Crippen LogP contribution in [0.2, 0.25) is 0 Å². The van der Waals surface area contributed by atoms with Crippen LogP contribution in [0.15, 0.2) is 69.6 Å². The Morgan fingerprint density at radius 2 is 1.30 bits per heavy atom. The Morgan fingerprint density at radius 1 is 0.743 bits per heavy atom. The number of nitrogens with zero attached hydrogens (tertiary/aromatic N) is 3. The number of hydroxylamine groups is 2. The number of imide groups is 1. The molecular formula is C54H77N3O16S. The van der Waals surface area contributed by atoms with Crippen LogP contribution >= 0.6 is 0 Å². The zero-order valence-electron chi connectivity index (χ0n) is 44.3. The van der Waals surface area contributed by atoms with E-state index >= 15 is 0 Å². The third-order valence-electron chi connectivity index (χ3n) is 12.4. The first-order valence-electron chi connectivity index (χ1n) is 25.4. The SMILES string of the molecule is COCCOCCOCCOCC[N+](CCOCCOCCOCCOC)=c1ccc2c(C(C)(C)C)cc(/C=C/C=C3/N(CCCCCC(=O)ON4C(=O)CCC4=O)c4ccc(S(=O)(=O)[O-])cc4C3(C)C)oc-2c1. The van der Waals surface area contributed by atoms with Crippen molar-refractivity contribution in [3.8, 4) is 11.3 Å². The second kappa shape index (κ2) is 30.0. The Balaban J connectivity index is 1.35. The Morgan fingerprint density at radius 3 is 1.84 bits per heavy atom. The second-order valence-electron chi connectivity index (χ2n) is 19.3. The molecule has 2 amide bonds. The van der Waals surface area contributed by atoms with E-state index in [1.807, 2.05) is 38.1 Å². The minimum atomic E-state index is -4.72. The fourth-order valence-electron chi connectivity index (χ4n) is 8.49. The number of amides is 2. The largest absolute Gasteiger partial charge is 0.744 e. The zero-order chi connectivity index (χ0) is 53.6. The summed E-state index contributed by atoms with van der Waals surface area (Å²) in [6, 6.07) is 12.7. The van der Waals surface area contributed by atoms with Gasteiger partial charge in [0, 0.05) is 68.5 Å². The molecule has 0 aromatic heterocycles. The molecule has 3 aliphatic heterocycles. The molecule has 0 bridgehead atoms. The lowest BCUT2D eigenvalue weighted by Crippen LogP contribution is -2.36. The van der Waals surface area contributed by atoms with Crippen LogP contribution in [0, 0.1) is 0 Å². The highest BCUT2D eigenvalue weighted by Crippen LogP contribution is 2.48. The molecule has 1 aromatic rings. The molecule has 4 aliphatic rings. The van der Waals surface area contributed by atoms with E-state index in [1.54, 1.807) is 20.3 Å². The number of hydrogen-bond donors (Lipinski definition) is 0. The van der Waals surface area contributed by atoms with Gasteiger partial charge in [-0.25, -0.2) is 17.8 Å². The molecule has 1 aromatic carbocycles. The first-order chi connectivity index (χ1) is 35.4. The Labute approximate surface area is 436 Å². The van der Waals surface area contributed by atoms with Crippen molar-refractivity contribution >= 4 is 39.7 Å². The van der Waals surface area contributed by atoms with Gasteiger partial charge in [0.25, 0.3) is 11.8 Å². The number of ether oxygens (including phenoxy) is 8. The van der Waals surface area contributed by atoms with Crippen molar-refractivity contribution in [3.05, 3.63) is 82.6 Å². The van der Waals surface area contributed by atoms with Gasteiger partial charge in [0.15, 0.2) is 13.1 Å². The number of anilines is 1. The van der Waals surface area contributed by atoms with E-state index in [0.29, 0.717) is 154 Å². The maximum absolute atomic E-state index is 12.5. The summed E-state index contributed by atoms with van der Waals surface area (Å²) < 4.78 is 89.6. The first-order valence-corrected chi connectivity index (χ1v) is 26.8. The predicted molar refractivity (Wildman–Crippen MR) is 275 cm³/mol. The lowest BCUT2D eigenvalue weighted by molar-refractivity contribution is -0.197. The van der Waals surface area contributed by atoms with E-state index in [2.05, 4.69) is 48.4 Å². The Kier molecular flexibility index (Phi) is 24.3. The van der Waals surface area contributed by atoms with Gasteiger partial charge in [-0.2, -0.15) is 0 Å². The molecule has 0 N–H and O–H groups in total. The van der Waals surface area contributed by atoms with Crippen molar-refractivity contribution in [2.75, 3.05) is 131 Å². The summed E-state index contributed by atoms with van der Waals surface area (Å²) in [5.41, 5.74) is 3.44. The van der Waals surface area contributed by atoms with E-state index in [9.17, 15) is 27.4 Å². The van der Waals surface area contributed by atoms with Crippen molar-refractivity contribution < 1.29 is 74.5 Å². The Hall–Kier alpha value is -4.87. The molecule has 410 valence electrons. The number of rotatable bonds is 34. The van der Waals surface area contributed by atoms with Crippen LogP contribution in [-0.2, 0) is 78.1 Å². The van der Waals surface area contributed by atoms with Crippen LogP contribution in [0.1, 0.15) is 90.0 Å². The molecule has 0 saturated carbocycles. The molecular weight excluding hydrogens is 979 g/mol. The number of hydrogen-bond acceptors (Lipinski definition) is 17. The van der Waals surface area contributed by atoms with E-state index in [4.69, 9.17) is 47.1 Å². The number of carbonyl (C=O) groups is 3. The van der Waals surface area contributed by atoms with E-state index in [0.717, 1.165) is 27.9 Å². The fourth-order valence-corrected chi connectivity index (χ4v) is 8.98. The van der Waals surface area contributed by atoms with Gasteiger partial charge in [-0.15, -0.1) is 5.06 Å². The highest BCUT2D eigenvalue weighted by Gasteiger charge is 2.40. The van der Waals surface area contributed by atoms with Gasteiger partial charge < -0.3 is 56.6 Å². The van der Waals surface area contributed by atoms with Crippen LogP contribution in [0.4, 0.5) is 5.69 Å². The normalized spacial score (nSPS) is 15.4. The average Bonchev–Trinajstić information content (AvgIpc) is 3.78. The minimum Gasteiger partial charge on any atom is -0.744 e. The van der Waals surface area contributed by atoms with Gasteiger partial charge in [0.05, 0.1) is 90.2 Å². The number of carbonyl (C=O) groups excluding carboxylic acids is 3. The van der Waals surface area contributed by atoms with Crippen molar-refractivity contribution in [1.29, 1.82) is 0 Å². The topological polar surface area (TPSA) is 214 Å². The number of allylic oxidation sites excluding steroid dienone is 3. The summed E-state index contributed by atoms with van der Waals surface area (Å²) in [6.07, 6.45) is 7.58. The fraction of sp³-hybridized carbons (Fsp3) is 0.593. The van der Waals surface area contributed by atoms with E-state index < -0.39 is 33.3 Å². The van der Waals surface area contributed by atoms with Crippen molar-refractivity contribution in [2.24, 2.45) is 0 Å². The highest BCUT2D eigenvalue weighted by molar-refractivity contribution is 7.85. The molecule has 1 saturated heterocycles. The van der Waals surface area contributed by atoms with E-state index in [1.165, 1.54) is 12.1 Å². The predicted octanol–water partition coefficient (Wildman–Crippen LogP) is 5.61. The molecule has 0 spiro atoms. The molecule has 19 nitrogen and oxygen atoms in total. The van der Waals surface area contributed by atoms with Gasteiger partial charge in [-0.1, -0.05) is 47.1 Å². The summed E-state index contributed by atoms with van der Waals surface area (Å²) in [5, 5.41) is 1.48. The second-order valence-corrected chi connectivity index (χ2v) is 20.7. The van der Waals surface area contributed by atoms with Crippen molar-refractivity contribution in [1.82, 2.24) is 9.64 Å². The lowest BCUT2D eigenvalue weighted by Gasteiger charge is -2.27. The smallest absolute Gasteiger partial charge is 0.333 e. The van der Waals surface area contributed by atoms with Crippen LogP contribution in [0.5, 0.6) is 0 Å². The maximum Gasteiger partial charge on any atom is 0.333 e. The zero-order valence-corrected chi connectivity index (χ0v) is 45.1.